The number of ether oxygens (including phenoxy) is 1. The van der Waals surface area contributed by atoms with E-state index in [0.29, 0.717) is 6.10 Å². The maximum absolute atomic E-state index is 5.99. The van der Waals surface area contributed by atoms with E-state index in [1.165, 1.54) is 19.3 Å². The third-order valence-electron chi connectivity index (χ3n) is 3.64. The maximum atomic E-state index is 5.99. The minimum Gasteiger partial charge on any atom is -0.378 e. The van der Waals surface area contributed by atoms with Crippen LogP contribution in [-0.4, -0.2) is 19.3 Å². The van der Waals surface area contributed by atoms with Crippen molar-refractivity contribution < 1.29 is 4.74 Å². The molecule has 90 valence electrons. The molecule has 0 spiro atoms. The molecule has 1 fully saturated rings. The molecular weight excluding hydrogens is 186 g/mol. The molecule has 3 unspecified atom stereocenters. The third kappa shape index (κ3) is 4.12. The van der Waals surface area contributed by atoms with E-state index in [-0.39, 0.29) is 0 Å². The molecule has 0 heterocycles. The van der Waals surface area contributed by atoms with Gasteiger partial charge in [-0.05, 0) is 43.6 Å². The van der Waals surface area contributed by atoms with Crippen LogP contribution in [0.5, 0.6) is 0 Å². The summed E-state index contributed by atoms with van der Waals surface area (Å²) in [6.45, 7) is 8.57. The van der Waals surface area contributed by atoms with Gasteiger partial charge in [-0.25, -0.2) is 0 Å². The minimum atomic E-state index is 0.486. The molecule has 0 saturated heterocycles. The van der Waals surface area contributed by atoms with Gasteiger partial charge in [-0.2, -0.15) is 0 Å². The summed E-state index contributed by atoms with van der Waals surface area (Å²) >= 11 is 0. The molecule has 2 N–H and O–H groups in total. The number of hydrogen-bond acceptors (Lipinski definition) is 2. The van der Waals surface area contributed by atoms with Crippen molar-refractivity contribution in [3.05, 3.63) is 0 Å². The predicted molar refractivity (Wildman–Crippen MR) is 64.8 cm³/mol. The van der Waals surface area contributed by atoms with Gasteiger partial charge >= 0.3 is 0 Å². The predicted octanol–water partition coefficient (Wildman–Crippen LogP) is 2.81. The molecule has 1 aliphatic rings. The summed E-state index contributed by atoms with van der Waals surface area (Å²) in [5.41, 5.74) is 5.49. The van der Waals surface area contributed by atoms with E-state index in [9.17, 15) is 0 Å². The van der Waals surface area contributed by atoms with Crippen LogP contribution in [0.2, 0.25) is 0 Å². The average Bonchev–Trinajstić information content (AvgIpc) is 2.18. The van der Waals surface area contributed by atoms with Gasteiger partial charge in [0.25, 0.3) is 0 Å². The zero-order valence-electron chi connectivity index (χ0n) is 10.5. The molecule has 1 aliphatic carbocycles. The van der Waals surface area contributed by atoms with Crippen molar-refractivity contribution in [2.45, 2.75) is 52.6 Å². The van der Waals surface area contributed by atoms with Crippen LogP contribution in [0.3, 0.4) is 0 Å². The van der Waals surface area contributed by atoms with Crippen LogP contribution in [-0.2, 0) is 4.74 Å². The van der Waals surface area contributed by atoms with E-state index in [1.54, 1.807) is 0 Å². The molecule has 0 aromatic heterocycles. The second kappa shape index (κ2) is 6.49. The summed E-state index contributed by atoms with van der Waals surface area (Å²) in [4.78, 5) is 0. The molecule has 0 bridgehead atoms. The molecule has 0 amide bonds. The first-order valence-corrected chi connectivity index (χ1v) is 6.46. The van der Waals surface area contributed by atoms with Crippen LogP contribution >= 0.6 is 0 Å². The Kier molecular flexibility index (Phi) is 5.62. The molecule has 0 radical (unpaired) electrons. The molecule has 2 nitrogen and oxygen atoms in total. The Labute approximate surface area is 94.6 Å². The van der Waals surface area contributed by atoms with Gasteiger partial charge in [0, 0.05) is 6.61 Å². The van der Waals surface area contributed by atoms with E-state index in [2.05, 4.69) is 20.8 Å². The normalized spacial score (nSPS) is 32.2. The van der Waals surface area contributed by atoms with Crippen LogP contribution in [0.4, 0.5) is 0 Å². The molecule has 3 atom stereocenters. The Balaban J connectivity index is 2.39. The highest BCUT2D eigenvalue weighted by molar-refractivity contribution is 4.81. The third-order valence-corrected chi connectivity index (χ3v) is 3.64. The fourth-order valence-corrected chi connectivity index (χ4v) is 2.62. The van der Waals surface area contributed by atoms with Crippen LogP contribution in [0.1, 0.15) is 46.5 Å². The molecule has 2 heteroatoms. The Hall–Kier alpha value is -0.0800. The Morgan fingerprint density at radius 1 is 1.33 bits per heavy atom. The van der Waals surface area contributed by atoms with Crippen molar-refractivity contribution in [1.29, 1.82) is 0 Å². The van der Waals surface area contributed by atoms with Crippen LogP contribution < -0.4 is 5.73 Å². The lowest BCUT2D eigenvalue weighted by atomic mass is 9.75. The van der Waals surface area contributed by atoms with Crippen LogP contribution in [0, 0.1) is 17.8 Å². The number of nitrogens with two attached hydrogens (primary N) is 1. The van der Waals surface area contributed by atoms with E-state index in [4.69, 9.17) is 10.5 Å². The number of hydrogen-bond donors (Lipinski definition) is 1. The lowest BCUT2D eigenvalue weighted by molar-refractivity contribution is -0.0383. The summed E-state index contributed by atoms with van der Waals surface area (Å²) in [7, 11) is 0. The molecule has 1 rings (SSSR count). The first-order valence-electron chi connectivity index (χ1n) is 6.46. The molecule has 15 heavy (non-hydrogen) atoms. The van der Waals surface area contributed by atoms with Gasteiger partial charge in [0.2, 0.25) is 0 Å². The second-order valence-electron chi connectivity index (χ2n) is 5.38. The molecular formula is C13H27NO. The standard InChI is InChI=1S/C13H27NO/c1-10(2)12-6-5-11(3)9-13(12)15-8-4-7-14/h10-13H,4-9,14H2,1-3H3. The SMILES string of the molecule is CC1CCC(C(C)C)C(OCCCN)C1. The van der Waals surface area contributed by atoms with E-state index in [1.807, 2.05) is 0 Å². The maximum Gasteiger partial charge on any atom is 0.0608 e. The quantitative estimate of drug-likeness (QED) is 0.713. The van der Waals surface area contributed by atoms with Crippen LogP contribution in [0.15, 0.2) is 0 Å². The van der Waals surface area contributed by atoms with Crippen molar-refractivity contribution in [2.75, 3.05) is 13.2 Å². The minimum absolute atomic E-state index is 0.486. The molecule has 0 aliphatic heterocycles. The highest BCUT2D eigenvalue weighted by atomic mass is 16.5. The second-order valence-corrected chi connectivity index (χ2v) is 5.38. The van der Waals surface area contributed by atoms with Gasteiger partial charge in [0.15, 0.2) is 0 Å². The summed E-state index contributed by atoms with van der Waals surface area (Å²) in [5, 5.41) is 0. The lowest BCUT2D eigenvalue weighted by Gasteiger charge is -2.37. The summed E-state index contributed by atoms with van der Waals surface area (Å²) in [6, 6.07) is 0. The largest absolute Gasteiger partial charge is 0.378 e. The van der Waals surface area contributed by atoms with Crippen molar-refractivity contribution in [3.63, 3.8) is 0 Å². The van der Waals surface area contributed by atoms with Gasteiger partial charge in [-0.15, -0.1) is 0 Å². The summed E-state index contributed by atoms with van der Waals surface area (Å²) in [5.74, 6) is 2.35. The van der Waals surface area contributed by atoms with E-state index in [0.717, 1.165) is 37.3 Å². The van der Waals surface area contributed by atoms with Gasteiger partial charge in [-0.3, -0.25) is 0 Å². The van der Waals surface area contributed by atoms with E-state index < -0.39 is 0 Å². The summed E-state index contributed by atoms with van der Waals surface area (Å²) < 4.78 is 5.99. The fourth-order valence-electron chi connectivity index (χ4n) is 2.62. The van der Waals surface area contributed by atoms with Gasteiger partial charge < -0.3 is 10.5 Å². The smallest absolute Gasteiger partial charge is 0.0608 e. The van der Waals surface area contributed by atoms with E-state index >= 15 is 0 Å². The monoisotopic (exact) mass is 213 g/mol. The van der Waals surface area contributed by atoms with Crippen molar-refractivity contribution in [2.24, 2.45) is 23.5 Å². The van der Waals surface area contributed by atoms with Crippen molar-refractivity contribution in [1.82, 2.24) is 0 Å². The zero-order chi connectivity index (χ0) is 11.3. The first-order chi connectivity index (χ1) is 7.15. The molecule has 0 aromatic rings. The van der Waals surface area contributed by atoms with Gasteiger partial charge in [0.1, 0.15) is 0 Å². The van der Waals surface area contributed by atoms with Crippen molar-refractivity contribution in [3.8, 4) is 0 Å². The Morgan fingerprint density at radius 3 is 2.67 bits per heavy atom. The zero-order valence-corrected chi connectivity index (χ0v) is 10.5. The highest BCUT2D eigenvalue weighted by Gasteiger charge is 2.30. The number of rotatable bonds is 5. The van der Waals surface area contributed by atoms with Gasteiger partial charge in [0.05, 0.1) is 6.10 Å². The fraction of sp³-hybridized carbons (Fsp3) is 1.00. The lowest BCUT2D eigenvalue weighted by Crippen LogP contribution is -2.34. The Morgan fingerprint density at radius 2 is 2.07 bits per heavy atom. The molecule has 0 aromatic carbocycles. The van der Waals surface area contributed by atoms with Gasteiger partial charge in [-0.1, -0.05) is 27.2 Å². The summed E-state index contributed by atoms with van der Waals surface area (Å²) in [6.07, 6.45) is 5.44. The highest BCUT2D eigenvalue weighted by Crippen LogP contribution is 2.35. The average molecular weight is 213 g/mol. The topological polar surface area (TPSA) is 35.2 Å². The Bertz CT molecular complexity index is 170. The van der Waals surface area contributed by atoms with Crippen LogP contribution in [0.25, 0.3) is 0 Å². The molecule has 1 saturated carbocycles. The first kappa shape index (κ1) is 13.0. The van der Waals surface area contributed by atoms with Crippen molar-refractivity contribution >= 4 is 0 Å².